The van der Waals surface area contributed by atoms with Gasteiger partial charge in [0.05, 0.1) is 6.10 Å². The monoisotopic (exact) mass is 292 g/mol. The molecule has 2 aliphatic rings. The van der Waals surface area contributed by atoms with Crippen LogP contribution in [0.4, 0.5) is 0 Å². The van der Waals surface area contributed by atoms with Crippen molar-refractivity contribution >= 4 is 0 Å². The predicted molar refractivity (Wildman–Crippen MR) is 88.0 cm³/mol. The van der Waals surface area contributed by atoms with Crippen molar-refractivity contribution in [2.75, 3.05) is 40.3 Å². The molecule has 3 heteroatoms. The van der Waals surface area contributed by atoms with E-state index < -0.39 is 0 Å². The van der Waals surface area contributed by atoms with E-state index in [2.05, 4.69) is 23.8 Å². The summed E-state index contributed by atoms with van der Waals surface area (Å²) >= 11 is 0. The highest BCUT2D eigenvalue weighted by Crippen LogP contribution is 2.29. The molecule has 0 aromatic heterocycles. The Balaban J connectivity index is 1.59. The third kappa shape index (κ3) is 6.28. The van der Waals surface area contributed by atoms with Crippen LogP contribution in [0.3, 0.4) is 0 Å². The van der Waals surface area contributed by atoms with E-state index >= 15 is 0 Å². The van der Waals surface area contributed by atoms with Crippen molar-refractivity contribution in [3.05, 3.63) is 0 Å². The molecule has 0 spiro atoms. The second-order valence-corrected chi connectivity index (χ2v) is 7.12. The molecule has 2 rings (SSSR count). The maximum absolute atomic E-state index is 5.86. The van der Waals surface area contributed by atoms with Gasteiger partial charge in [0.15, 0.2) is 0 Å². The van der Waals surface area contributed by atoms with Crippen LogP contribution in [-0.2, 0) is 4.74 Å². The number of piperidine rings is 1. The summed E-state index contributed by atoms with van der Waals surface area (Å²) in [5.41, 5.74) is 0. The van der Waals surface area contributed by atoms with Crippen molar-refractivity contribution in [3.8, 4) is 12.0 Å². The largest absolute Gasteiger partial charge is 0.365 e. The van der Waals surface area contributed by atoms with E-state index in [4.69, 9.17) is 4.74 Å². The summed E-state index contributed by atoms with van der Waals surface area (Å²) in [6.07, 6.45) is 8.53. The molecule has 0 N–H and O–H groups in total. The molecular formula is C18H32N2O. The molecule has 2 fully saturated rings. The molecule has 0 amide bonds. The minimum Gasteiger partial charge on any atom is -0.365 e. The fourth-order valence-corrected chi connectivity index (χ4v) is 3.49. The van der Waals surface area contributed by atoms with Crippen LogP contribution in [0.15, 0.2) is 0 Å². The van der Waals surface area contributed by atoms with Crippen LogP contribution in [0.1, 0.15) is 45.4 Å². The Bertz CT molecular complexity index is 342. The number of rotatable bonds is 4. The Morgan fingerprint density at radius 3 is 2.33 bits per heavy atom. The summed E-state index contributed by atoms with van der Waals surface area (Å²) in [5.74, 6) is 4.96. The van der Waals surface area contributed by atoms with E-state index in [9.17, 15) is 0 Å². The summed E-state index contributed by atoms with van der Waals surface area (Å²) < 4.78 is 5.86. The SMILES string of the molecule is CC1CCC(CN2CCC(OCC#CN(C)C)CC2)CC1. The van der Waals surface area contributed by atoms with Crippen LogP contribution in [-0.4, -0.2) is 56.2 Å². The first-order valence-electron chi connectivity index (χ1n) is 8.63. The highest BCUT2D eigenvalue weighted by Gasteiger charge is 2.24. The first-order chi connectivity index (χ1) is 10.1. The lowest BCUT2D eigenvalue weighted by Gasteiger charge is -2.36. The molecule has 1 aliphatic heterocycles. The van der Waals surface area contributed by atoms with Gasteiger partial charge in [0.2, 0.25) is 0 Å². The van der Waals surface area contributed by atoms with E-state index in [0.717, 1.165) is 11.8 Å². The Kier molecular flexibility index (Phi) is 6.86. The lowest BCUT2D eigenvalue weighted by Crippen LogP contribution is -2.40. The van der Waals surface area contributed by atoms with Crippen molar-refractivity contribution in [1.29, 1.82) is 0 Å². The second kappa shape index (κ2) is 8.66. The molecule has 0 radical (unpaired) electrons. The summed E-state index contributed by atoms with van der Waals surface area (Å²) in [5, 5.41) is 0. The standard InChI is InChI=1S/C18H32N2O/c1-16-5-7-17(8-6-16)15-20-12-9-18(10-13-20)21-14-4-11-19(2)3/h16-18H,5-10,12-15H2,1-3H3. The maximum Gasteiger partial charge on any atom is 0.109 e. The van der Waals surface area contributed by atoms with Gasteiger partial charge in [0.25, 0.3) is 0 Å². The average Bonchev–Trinajstić information content (AvgIpc) is 2.47. The fourth-order valence-electron chi connectivity index (χ4n) is 3.49. The molecule has 21 heavy (non-hydrogen) atoms. The topological polar surface area (TPSA) is 15.7 Å². The molecule has 0 aromatic carbocycles. The van der Waals surface area contributed by atoms with Gasteiger partial charge in [-0.25, -0.2) is 0 Å². The normalized spacial score (nSPS) is 28.0. The first-order valence-corrected chi connectivity index (χ1v) is 8.63. The Morgan fingerprint density at radius 2 is 1.71 bits per heavy atom. The van der Waals surface area contributed by atoms with Crippen LogP contribution < -0.4 is 0 Å². The number of nitrogens with zero attached hydrogens (tertiary/aromatic N) is 2. The zero-order valence-corrected chi connectivity index (χ0v) is 14.1. The van der Waals surface area contributed by atoms with Crippen molar-refractivity contribution < 1.29 is 4.74 Å². The quantitative estimate of drug-likeness (QED) is 0.585. The van der Waals surface area contributed by atoms with Gasteiger partial charge in [-0.15, -0.1) is 0 Å². The van der Waals surface area contributed by atoms with Crippen molar-refractivity contribution in [2.24, 2.45) is 11.8 Å². The highest BCUT2D eigenvalue weighted by molar-refractivity contribution is 4.96. The van der Waals surface area contributed by atoms with Crippen LogP contribution >= 0.6 is 0 Å². The summed E-state index contributed by atoms with van der Waals surface area (Å²) in [7, 11) is 3.91. The molecule has 0 atom stereocenters. The van der Waals surface area contributed by atoms with E-state index in [1.807, 2.05) is 19.0 Å². The van der Waals surface area contributed by atoms with E-state index in [-0.39, 0.29) is 0 Å². The van der Waals surface area contributed by atoms with Gasteiger partial charge < -0.3 is 14.5 Å². The van der Waals surface area contributed by atoms with Crippen LogP contribution in [0, 0.1) is 23.8 Å². The zero-order chi connectivity index (χ0) is 15.1. The number of hydrogen-bond acceptors (Lipinski definition) is 3. The maximum atomic E-state index is 5.86. The van der Waals surface area contributed by atoms with Gasteiger partial charge in [0, 0.05) is 39.8 Å². The molecule has 1 aliphatic carbocycles. The highest BCUT2D eigenvalue weighted by atomic mass is 16.5. The predicted octanol–water partition coefficient (Wildman–Crippen LogP) is 2.82. The summed E-state index contributed by atoms with van der Waals surface area (Å²) in [6, 6.07) is 3.00. The zero-order valence-electron chi connectivity index (χ0n) is 14.1. The van der Waals surface area contributed by atoms with E-state index in [1.54, 1.807) is 0 Å². The van der Waals surface area contributed by atoms with Gasteiger partial charge >= 0.3 is 0 Å². The van der Waals surface area contributed by atoms with Gasteiger partial charge in [-0.05, 0) is 37.5 Å². The van der Waals surface area contributed by atoms with E-state index in [0.29, 0.717) is 12.7 Å². The Hall–Kier alpha value is -0.720. The third-order valence-corrected chi connectivity index (χ3v) is 4.88. The summed E-state index contributed by atoms with van der Waals surface area (Å²) in [4.78, 5) is 4.53. The van der Waals surface area contributed by atoms with Crippen LogP contribution in [0.5, 0.6) is 0 Å². The lowest BCUT2D eigenvalue weighted by atomic mass is 9.82. The fraction of sp³-hybridized carbons (Fsp3) is 0.889. The number of likely N-dealkylation sites (tertiary alicyclic amines) is 1. The Morgan fingerprint density at radius 1 is 1.05 bits per heavy atom. The smallest absolute Gasteiger partial charge is 0.109 e. The molecule has 120 valence electrons. The minimum absolute atomic E-state index is 0.420. The molecule has 0 unspecified atom stereocenters. The van der Waals surface area contributed by atoms with Crippen molar-refractivity contribution in [1.82, 2.24) is 9.80 Å². The molecule has 3 nitrogen and oxygen atoms in total. The molecular weight excluding hydrogens is 260 g/mol. The molecule has 1 heterocycles. The van der Waals surface area contributed by atoms with Gasteiger partial charge in [-0.1, -0.05) is 25.7 Å². The third-order valence-electron chi connectivity index (χ3n) is 4.88. The van der Waals surface area contributed by atoms with Crippen LogP contribution in [0.2, 0.25) is 0 Å². The molecule has 1 saturated heterocycles. The molecule has 0 aromatic rings. The lowest BCUT2D eigenvalue weighted by molar-refractivity contribution is 0.0187. The number of ether oxygens (including phenoxy) is 1. The minimum atomic E-state index is 0.420. The van der Waals surface area contributed by atoms with Crippen molar-refractivity contribution in [3.63, 3.8) is 0 Å². The molecule has 0 bridgehead atoms. The average molecular weight is 292 g/mol. The first kappa shape index (κ1) is 16.6. The second-order valence-electron chi connectivity index (χ2n) is 7.12. The van der Waals surface area contributed by atoms with Gasteiger partial charge in [-0.3, -0.25) is 0 Å². The summed E-state index contributed by atoms with van der Waals surface area (Å²) in [6.45, 7) is 6.71. The van der Waals surface area contributed by atoms with Gasteiger partial charge in [0.1, 0.15) is 6.61 Å². The Labute approximate surface area is 131 Å². The van der Waals surface area contributed by atoms with E-state index in [1.165, 1.54) is 58.2 Å². The van der Waals surface area contributed by atoms with Crippen LogP contribution in [0.25, 0.3) is 0 Å². The van der Waals surface area contributed by atoms with Crippen molar-refractivity contribution in [2.45, 2.75) is 51.6 Å². The van der Waals surface area contributed by atoms with Gasteiger partial charge in [-0.2, -0.15) is 0 Å². The number of hydrogen-bond donors (Lipinski definition) is 0. The molecule has 1 saturated carbocycles.